The van der Waals surface area contributed by atoms with Crippen LogP contribution in [0.2, 0.25) is 0 Å². The van der Waals surface area contributed by atoms with Crippen LogP contribution in [0.4, 0.5) is 0 Å². The highest BCUT2D eigenvalue weighted by atomic mass is 16.5. The summed E-state index contributed by atoms with van der Waals surface area (Å²) in [6, 6.07) is 8.65. The predicted octanol–water partition coefficient (Wildman–Crippen LogP) is 2.68. The first-order valence-electron chi connectivity index (χ1n) is 5.72. The van der Waals surface area contributed by atoms with Crippen LogP contribution in [0.5, 0.6) is 0 Å². The molecule has 0 spiro atoms. The van der Waals surface area contributed by atoms with Gasteiger partial charge in [-0.15, -0.1) is 0 Å². The third-order valence-electron chi connectivity index (χ3n) is 2.57. The fourth-order valence-electron chi connectivity index (χ4n) is 1.63. The van der Waals surface area contributed by atoms with E-state index in [0.717, 1.165) is 12.8 Å². The van der Waals surface area contributed by atoms with Crippen molar-refractivity contribution < 1.29 is 4.74 Å². The molecular formula is C13H21NO. The normalized spacial score (nSPS) is 12.7. The van der Waals surface area contributed by atoms with Gasteiger partial charge in [-0.2, -0.15) is 0 Å². The minimum Gasteiger partial charge on any atom is -0.372 e. The van der Waals surface area contributed by atoms with E-state index in [4.69, 9.17) is 10.5 Å². The van der Waals surface area contributed by atoms with E-state index in [1.165, 1.54) is 11.1 Å². The van der Waals surface area contributed by atoms with Crippen LogP contribution < -0.4 is 5.73 Å². The lowest BCUT2D eigenvalue weighted by Crippen LogP contribution is -2.12. The Balaban J connectivity index is 2.65. The smallest absolute Gasteiger partial charge is 0.0822 e. The minimum atomic E-state index is 0.194. The van der Waals surface area contributed by atoms with Crippen molar-refractivity contribution in [3.05, 3.63) is 35.4 Å². The van der Waals surface area contributed by atoms with Gasteiger partial charge < -0.3 is 10.5 Å². The van der Waals surface area contributed by atoms with Crippen LogP contribution in [-0.4, -0.2) is 13.2 Å². The van der Waals surface area contributed by atoms with Gasteiger partial charge in [-0.05, 0) is 24.0 Å². The molecule has 1 rings (SSSR count). The molecule has 0 saturated heterocycles. The van der Waals surface area contributed by atoms with Gasteiger partial charge >= 0.3 is 0 Å². The average molecular weight is 207 g/mol. The number of aryl methyl sites for hydroxylation is 1. The maximum Gasteiger partial charge on any atom is 0.0822 e. The van der Waals surface area contributed by atoms with Crippen LogP contribution in [0.1, 0.15) is 37.5 Å². The van der Waals surface area contributed by atoms with Crippen molar-refractivity contribution in [2.75, 3.05) is 13.2 Å². The second-order valence-electron chi connectivity index (χ2n) is 3.65. The van der Waals surface area contributed by atoms with Crippen LogP contribution in [0.3, 0.4) is 0 Å². The van der Waals surface area contributed by atoms with Crippen molar-refractivity contribution in [2.45, 2.75) is 32.8 Å². The number of nitrogens with two attached hydrogens (primary N) is 1. The molecule has 2 N–H and O–H groups in total. The van der Waals surface area contributed by atoms with E-state index in [1.807, 2.05) is 0 Å². The summed E-state index contributed by atoms with van der Waals surface area (Å²) < 4.78 is 5.67. The van der Waals surface area contributed by atoms with E-state index in [-0.39, 0.29) is 6.10 Å². The van der Waals surface area contributed by atoms with E-state index in [2.05, 4.69) is 38.1 Å². The molecule has 0 bridgehead atoms. The molecule has 0 saturated carbocycles. The van der Waals surface area contributed by atoms with E-state index in [1.54, 1.807) is 0 Å². The third kappa shape index (κ3) is 3.65. The largest absolute Gasteiger partial charge is 0.372 e. The molecule has 15 heavy (non-hydrogen) atoms. The van der Waals surface area contributed by atoms with Crippen molar-refractivity contribution in [1.29, 1.82) is 0 Å². The van der Waals surface area contributed by atoms with Crippen molar-refractivity contribution in [1.82, 2.24) is 0 Å². The first-order chi connectivity index (χ1) is 7.31. The van der Waals surface area contributed by atoms with Crippen molar-refractivity contribution in [2.24, 2.45) is 5.73 Å². The highest BCUT2D eigenvalue weighted by Crippen LogP contribution is 2.21. The Bertz CT molecular complexity index is 268. The number of hydrogen-bond donors (Lipinski definition) is 1. The van der Waals surface area contributed by atoms with Gasteiger partial charge in [0, 0.05) is 6.54 Å². The van der Waals surface area contributed by atoms with Gasteiger partial charge in [0.25, 0.3) is 0 Å². The number of ether oxygens (including phenoxy) is 1. The molecule has 1 aromatic rings. The highest BCUT2D eigenvalue weighted by Gasteiger charge is 2.08. The molecule has 0 aliphatic heterocycles. The van der Waals surface area contributed by atoms with Gasteiger partial charge in [0.05, 0.1) is 12.7 Å². The monoisotopic (exact) mass is 207 g/mol. The van der Waals surface area contributed by atoms with Crippen molar-refractivity contribution >= 4 is 0 Å². The van der Waals surface area contributed by atoms with Gasteiger partial charge in [-0.1, -0.05) is 38.1 Å². The third-order valence-corrected chi connectivity index (χ3v) is 2.57. The molecule has 0 aliphatic rings. The molecule has 0 radical (unpaired) electrons. The lowest BCUT2D eigenvalue weighted by atomic mass is 10.0. The SMILES string of the molecule is CCc1ccc([C@H](CC)OCCN)cc1. The fourth-order valence-corrected chi connectivity index (χ4v) is 1.63. The van der Waals surface area contributed by atoms with Crippen LogP contribution in [0, 0.1) is 0 Å². The van der Waals surface area contributed by atoms with Gasteiger partial charge in [-0.3, -0.25) is 0 Å². The Labute approximate surface area is 92.4 Å². The second kappa shape index (κ2) is 6.59. The zero-order valence-corrected chi connectivity index (χ0v) is 9.70. The van der Waals surface area contributed by atoms with E-state index < -0.39 is 0 Å². The summed E-state index contributed by atoms with van der Waals surface area (Å²) in [4.78, 5) is 0. The highest BCUT2D eigenvalue weighted by molar-refractivity contribution is 5.24. The molecule has 1 atom stereocenters. The summed E-state index contributed by atoms with van der Waals surface area (Å²) in [6.07, 6.45) is 2.27. The summed E-state index contributed by atoms with van der Waals surface area (Å²) in [6.45, 7) is 5.52. The van der Waals surface area contributed by atoms with E-state index in [9.17, 15) is 0 Å². The van der Waals surface area contributed by atoms with Crippen molar-refractivity contribution in [3.63, 3.8) is 0 Å². The first-order valence-corrected chi connectivity index (χ1v) is 5.72. The average Bonchev–Trinajstić information content (AvgIpc) is 2.31. The van der Waals surface area contributed by atoms with Gasteiger partial charge in [0.15, 0.2) is 0 Å². The molecule has 0 heterocycles. The Morgan fingerprint density at radius 3 is 2.33 bits per heavy atom. The Kier molecular flexibility index (Phi) is 5.37. The first kappa shape index (κ1) is 12.2. The second-order valence-corrected chi connectivity index (χ2v) is 3.65. The molecule has 0 aliphatic carbocycles. The summed E-state index contributed by atoms with van der Waals surface area (Å²) in [5, 5.41) is 0. The summed E-state index contributed by atoms with van der Waals surface area (Å²) in [5.41, 5.74) is 8.05. The standard InChI is InChI=1S/C13H21NO/c1-3-11-5-7-12(8-6-11)13(4-2)15-10-9-14/h5-8,13H,3-4,9-10,14H2,1-2H3/t13-/m0/s1. The Hall–Kier alpha value is -0.860. The van der Waals surface area contributed by atoms with Gasteiger partial charge in [0.2, 0.25) is 0 Å². The lowest BCUT2D eigenvalue weighted by Gasteiger charge is -2.16. The van der Waals surface area contributed by atoms with Crippen LogP contribution >= 0.6 is 0 Å². The molecule has 0 amide bonds. The van der Waals surface area contributed by atoms with E-state index in [0.29, 0.717) is 13.2 Å². The number of benzene rings is 1. The molecule has 1 aromatic carbocycles. The fraction of sp³-hybridized carbons (Fsp3) is 0.538. The Morgan fingerprint density at radius 2 is 1.87 bits per heavy atom. The summed E-state index contributed by atoms with van der Waals surface area (Å²) in [5.74, 6) is 0. The maximum atomic E-state index is 5.67. The minimum absolute atomic E-state index is 0.194. The summed E-state index contributed by atoms with van der Waals surface area (Å²) >= 11 is 0. The molecule has 84 valence electrons. The summed E-state index contributed by atoms with van der Waals surface area (Å²) in [7, 11) is 0. The van der Waals surface area contributed by atoms with Crippen LogP contribution in [-0.2, 0) is 11.2 Å². The Morgan fingerprint density at radius 1 is 1.20 bits per heavy atom. The maximum absolute atomic E-state index is 5.67. The van der Waals surface area contributed by atoms with Crippen LogP contribution in [0.15, 0.2) is 24.3 Å². The molecule has 2 nitrogen and oxygen atoms in total. The molecule has 0 fully saturated rings. The molecular weight excluding hydrogens is 186 g/mol. The number of hydrogen-bond acceptors (Lipinski definition) is 2. The molecule has 0 unspecified atom stereocenters. The van der Waals surface area contributed by atoms with Crippen LogP contribution in [0.25, 0.3) is 0 Å². The molecule has 0 aromatic heterocycles. The topological polar surface area (TPSA) is 35.2 Å². The quantitative estimate of drug-likeness (QED) is 0.778. The van der Waals surface area contributed by atoms with Crippen molar-refractivity contribution in [3.8, 4) is 0 Å². The van der Waals surface area contributed by atoms with Gasteiger partial charge in [-0.25, -0.2) is 0 Å². The zero-order chi connectivity index (χ0) is 11.1. The number of rotatable bonds is 6. The molecule has 2 heteroatoms. The lowest BCUT2D eigenvalue weighted by molar-refractivity contribution is 0.0556. The zero-order valence-electron chi connectivity index (χ0n) is 9.70. The predicted molar refractivity (Wildman–Crippen MR) is 63.9 cm³/mol. The van der Waals surface area contributed by atoms with Gasteiger partial charge in [0.1, 0.15) is 0 Å². The van der Waals surface area contributed by atoms with E-state index >= 15 is 0 Å².